The zero-order chi connectivity index (χ0) is 12.0. The molecule has 0 unspecified atom stereocenters. The molecule has 0 atom stereocenters. The van der Waals surface area contributed by atoms with Crippen LogP contribution in [-0.2, 0) is 11.3 Å². The van der Waals surface area contributed by atoms with Crippen LogP contribution in [0.1, 0.15) is 34.2 Å². The first-order valence-corrected chi connectivity index (χ1v) is 5.25. The normalized spacial score (nSPS) is 10.1. The smallest absolute Gasteiger partial charge is 0.339 e. The minimum absolute atomic E-state index is 0.323. The van der Waals surface area contributed by atoms with Crippen molar-refractivity contribution in [1.82, 2.24) is 4.57 Å². The van der Waals surface area contributed by atoms with Gasteiger partial charge in [0, 0.05) is 12.7 Å². The fourth-order valence-corrected chi connectivity index (χ4v) is 1.40. The van der Waals surface area contributed by atoms with Gasteiger partial charge in [0.25, 0.3) is 0 Å². The minimum Gasteiger partial charge on any atom is -0.462 e. The van der Waals surface area contributed by atoms with Gasteiger partial charge in [0.05, 0.1) is 17.9 Å². The second-order valence-corrected chi connectivity index (χ2v) is 3.33. The molecule has 0 spiro atoms. The number of aryl methyl sites for hydroxylation is 1. The van der Waals surface area contributed by atoms with Crippen LogP contribution in [0.4, 0.5) is 0 Å². The lowest BCUT2D eigenvalue weighted by Gasteiger charge is -2.02. The first-order chi connectivity index (χ1) is 7.72. The standard InChI is InChI=1S/C11H16N2O3/c1-2-16-11(15)9-6-10(8-14)13(7-9)5-3-4-12/h6-8H,2-5,12H2,1H3. The third-order valence-corrected chi connectivity index (χ3v) is 2.16. The van der Waals surface area contributed by atoms with Crippen LogP contribution in [0.15, 0.2) is 12.3 Å². The number of carbonyl (C=O) groups is 2. The Bertz CT molecular complexity index is 371. The molecule has 88 valence electrons. The van der Waals surface area contributed by atoms with Gasteiger partial charge in [-0.05, 0) is 26.0 Å². The van der Waals surface area contributed by atoms with Crippen LogP contribution < -0.4 is 5.73 Å². The molecule has 5 heteroatoms. The van der Waals surface area contributed by atoms with Crippen molar-refractivity contribution >= 4 is 12.3 Å². The quantitative estimate of drug-likeness (QED) is 0.573. The minimum atomic E-state index is -0.405. The number of aromatic nitrogens is 1. The highest BCUT2D eigenvalue weighted by molar-refractivity contribution is 5.91. The van der Waals surface area contributed by atoms with Gasteiger partial charge in [-0.1, -0.05) is 0 Å². The summed E-state index contributed by atoms with van der Waals surface area (Å²) in [6.07, 6.45) is 3.11. The number of aldehydes is 1. The van der Waals surface area contributed by atoms with Gasteiger partial charge in [0.1, 0.15) is 0 Å². The molecule has 16 heavy (non-hydrogen) atoms. The van der Waals surface area contributed by atoms with Crippen LogP contribution in [0.2, 0.25) is 0 Å². The van der Waals surface area contributed by atoms with Gasteiger partial charge in [-0.3, -0.25) is 4.79 Å². The predicted octanol–water partition coefficient (Wildman–Crippen LogP) is 0.826. The van der Waals surface area contributed by atoms with Crippen molar-refractivity contribution in [2.45, 2.75) is 19.9 Å². The maximum atomic E-state index is 11.4. The number of hydrogen-bond donors (Lipinski definition) is 1. The fourth-order valence-electron chi connectivity index (χ4n) is 1.40. The SMILES string of the molecule is CCOC(=O)c1cc(C=O)n(CCCN)c1. The van der Waals surface area contributed by atoms with Crippen LogP contribution in [-0.4, -0.2) is 30.0 Å². The van der Waals surface area contributed by atoms with Crippen LogP contribution >= 0.6 is 0 Å². The van der Waals surface area contributed by atoms with Gasteiger partial charge in [0.2, 0.25) is 0 Å². The number of ether oxygens (including phenoxy) is 1. The molecule has 1 aromatic rings. The Morgan fingerprint density at radius 2 is 2.38 bits per heavy atom. The third-order valence-electron chi connectivity index (χ3n) is 2.16. The summed E-state index contributed by atoms with van der Waals surface area (Å²) in [5.74, 6) is -0.405. The molecule has 1 aromatic heterocycles. The van der Waals surface area contributed by atoms with Crippen molar-refractivity contribution in [2.75, 3.05) is 13.2 Å². The van der Waals surface area contributed by atoms with Crippen LogP contribution in [0.3, 0.4) is 0 Å². The van der Waals surface area contributed by atoms with Crippen molar-refractivity contribution in [3.63, 3.8) is 0 Å². The number of nitrogens with two attached hydrogens (primary N) is 1. The summed E-state index contributed by atoms with van der Waals surface area (Å²) in [5.41, 5.74) is 6.26. The summed E-state index contributed by atoms with van der Waals surface area (Å²) in [7, 11) is 0. The molecule has 0 aliphatic heterocycles. The Labute approximate surface area is 94.2 Å². The lowest BCUT2D eigenvalue weighted by Crippen LogP contribution is -2.07. The number of nitrogens with zero attached hydrogens (tertiary/aromatic N) is 1. The Kier molecular flexibility index (Phi) is 4.72. The fraction of sp³-hybridized carbons (Fsp3) is 0.455. The van der Waals surface area contributed by atoms with Crippen molar-refractivity contribution < 1.29 is 14.3 Å². The Balaban J connectivity index is 2.84. The molecule has 0 fully saturated rings. The monoisotopic (exact) mass is 224 g/mol. The van der Waals surface area contributed by atoms with Crippen LogP contribution in [0.25, 0.3) is 0 Å². The average molecular weight is 224 g/mol. The van der Waals surface area contributed by atoms with E-state index in [2.05, 4.69) is 0 Å². The number of hydrogen-bond acceptors (Lipinski definition) is 4. The van der Waals surface area contributed by atoms with E-state index >= 15 is 0 Å². The van der Waals surface area contributed by atoms with E-state index in [1.54, 1.807) is 17.7 Å². The highest BCUT2D eigenvalue weighted by Gasteiger charge is 2.12. The largest absolute Gasteiger partial charge is 0.462 e. The molecule has 0 aromatic carbocycles. The van der Waals surface area contributed by atoms with E-state index in [4.69, 9.17) is 10.5 Å². The Hall–Kier alpha value is -1.62. The molecule has 0 bridgehead atoms. The lowest BCUT2D eigenvalue weighted by molar-refractivity contribution is 0.0526. The molecular formula is C11H16N2O3. The zero-order valence-corrected chi connectivity index (χ0v) is 9.31. The van der Waals surface area contributed by atoms with Gasteiger partial charge < -0.3 is 15.0 Å². The van der Waals surface area contributed by atoms with Crippen molar-refractivity contribution in [2.24, 2.45) is 5.73 Å². The topological polar surface area (TPSA) is 74.3 Å². The number of esters is 1. The van der Waals surface area contributed by atoms with E-state index in [0.29, 0.717) is 31.0 Å². The summed E-state index contributed by atoms with van der Waals surface area (Å²) in [5, 5.41) is 0. The van der Waals surface area contributed by atoms with Gasteiger partial charge in [-0.15, -0.1) is 0 Å². The van der Waals surface area contributed by atoms with E-state index in [1.165, 1.54) is 6.07 Å². The summed E-state index contributed by atoms with van der Waals surface area (Å²) in [6, 6.07) is 1.53. The molecule has 0 radical (unpaired) electrons. The van der Waals surface area contributed by atoms with Crippen LogP contribution in [0.5, 0.6) is 0 Å². The maximum Gasteiger partial charge on any atom is 0.339 e. The molecule has 0 aliphatic rings. The molecule has 0 amide bonds. The van der Waals surface area contributed by atoms with Gasteiger partial charge in [-0.25, -0.2) is 4.79 Å². The second kappa shape index (κ2) is 6.07. The van der Waals surface area contributed by atoms with Crippen LogP contribution in [0, 0.1) is 0 Å². The first-order valence-electron chi connectivity index (χ1n) is 5.25. The van der Waals surface area contributed by atoms with Crippen molar-refractivity contribution in [3.8, 4) is 0 Å². The predicted molar refractivity (Wildman–Crippen MR) is 59.4 cm³/mol. The summed E-state index contributed by atoms with van der Waals surface area (Å²) < 4.78 is 6.57. The molecule has 1 heterocycles. The number of rotatable bonds is 6. The number of carbonyl (C=O) groups excluding carboxylic acids is 2. The molecule has 2 N–H and O–H groups in total. The molecule has 0 saturated heterocycles. The van der Waals surface area contributed by atoms with E-state index in [-0.39, 0.29) is 0 Å². The summed E-state index contributed by atoms with van der Waals surface area (Å²) in [6.45, 7) is 3.24. The Morgan fingerprint density at radius 1 is 1.62 bits per heavy atom. The second-order valence-electron chi connectivity index (χ2n) is 3.33. The Morgan fingerprint density at radius 3 is 2.94 bits per heavy atom. The van der Waals surface area contributed by atoms with E-state index in [9.17, 15) is 9.59 Å². The van der Waals surface area contributed by atoms with Gasteiger partial charge >= 0.3 is 5.97 Å². The summed E-state index contributed by atoms with van der Waals surface area (Å²) >= 11 is 0. The summed E-state index contributed by atoms with van der Waals surface area (Å²) in [4.78, 5) is 22.2. The van der Waals surface area contributed by atoms with Gasteiger partial charge in [0.15, 0.2) is 6.29 Å². The van der Waals surface area contributed by atoms with Gasteiger partial charge in [-0.2, -0.15) is 0 Å². The molecular weight excluding hydrogens is 208 g/mol. The van der Waals surface area contributed by atoms with Crippen molar-refractivity contribution in [3.05, 3.63) is 23.5 Å². The molecule has 0 saturated carbocycles. The van der Waals surface area contributed by atoms with E-state index in [1.807, 2.05) is 0 Å². The average Bonchev–Trinajstić information content (AvgIpc) is 2.70. The molecule has 0 aliphatic carbocycles. The zero-order valence-electron chi connectivity index (χ0n) is 9.31. The van der Waals surface area contributed by atoms with E-state index in [0.717, 1.165) is 12.7 Å². The highest BCUT2D eigenvalue weighted by Crippen LogP contribution is 2.09. The highest BCUT2D eigenvalue weighted by atomic mass is 16.5. The van der Waals surface area contributed by atoms with Crippen molar-refractivity contribution in [1.29, 1.82) is 0 Å². The third kappa shape index (κ3) is 2.93. The first kappa shape index (κ1) is 12.4. The molecule has 5 nitrogen and oxygen atoms in total. The van der Waals surface area contributed by atoms with E-state index < -0.39 is 5.97 Å². The maximum absolute atomic E-state index is 11.4. The molecule has 1 rings (SSSR count). The lowest BCUT2D eigenvalue weighted by atomic mass is 10.3.